The van der Waals surface area contributed by atoms with Crippen LogP contribution in [0, 0.1) is 0 Å². The maximum Gasteiger partial charge on any atom is 0.222 e. The van der Waals surface area contributed by atoms with Gasteiger partial charge in [0.1, 0.15) is 6.54 Å². The van der Waals surface area contributed by atoms with Gasteiger partial charge in [0.2, 0.25) is 5.91 Å². The van der Waals surface area contributed by atoms with E-state index in [9.17, 15) is 4.79 Å². The van der Waals surface area contributed by atoms with Crippen LogP contribution in [0.3, 0.4) is 0 Å². The van der Waals surface area contributed by atoms with Gasteiger partial charge in [-0.05, 0) is 25.7 Å². The van der Waals surface area contributed by atoms with E-state index in [1.165, 1.54) is 19.3 Å². The Morgan fingerprint density at radius 3 is 2.44 bits per heavy atom. The maximum atomic E-state index is 11.9. The van der Waals surface area contributed by atoms with Gasteiger partial charge in [0.05, 0.1) is 0 Å². The van der Waals surface area contributed by atoms with Gasteiger partial charge in [0.25, 0.3) is 0 Å². The van der Waals surface area contributed by atoms with Crippen LogP contribution in [-0.2, 0) is 11.3 Å². The molecule has 0 radical (unpaired) electrons. The van der Waals surface area contributed by atoms with Crippen molar-refractivity contribution in [2.45, 2.75) is 45.1 Å². The molecule has 1 aliphatic rings. The normalized spacial score (nSPS) is 15.7. The van der Waals surface area contributed by atoms with E-state index in [4.69, 9.17) is 0 Å². The highest BCUT2D eigenvalue weighted by molar-refractivity contribution is 5.76. The number of rotatable bonds is 5. The van der Waals surface area contributed by atoms with E-state index in [2.05, 4.69) is 17.0 Å². The first-order valence-corrected chi connectivity index (χ1v) is 7.08. The first-order valence-electron chi connectivity index (χ1n) is 7.08. The minimum Gasteiger partial charge on any atom is -0.343 e. The van der Waals surface area contributed by atoms with Crippen LogP contribution >= 0.6 is 0 Å². The number of hydrogen-bond donors (Lipinski definition) is 0. The topological polar surface area (TPSA) is 24.2 Å². The van der Waals surface area contributed by atoms with E-state index in [0.717, 1.165) is 32.5 Å². The maximum absolute atomic E-state index is 11.9. The van der Waals surface area contributed by atoms with E-state index in [0.29, 0.717) is 12.3 Å². The molecule has 1 amide bonds. The SMILES string of the molecule is O=C(CCCC[n+]1ccccc1)N1CCCCC1. The van der Waals surface area contributed by atoms with E-state index in [-0.39, 0.29) is 0 Å². The Bertz CT molecular complexity index is 358. The summed E-state index contributed by atoms with van der Waals surface area (Å²) >= 11 is 0. The molecular weight excluding hydrogens is 224 g/mol. The van der Waals surface area contributed by atoms with E-state index in [1.807, 2.05) is 23.1 Å². The quantitative estimate of drug-likeness (QED) is 0.578. The molecule has 0 spiro atoms. The Labute approximate surface area is 109 Å². The molecule has 0 atom stereocenters. The van der Waals surface area contributed by atoms with Crippen molar-refractivity contribution in [2.24, 2.45) is 0 Å². The number of aromatic nitrogens is 1. The average Bonchev–Trinajstić information content (AvgIpc) is 2.45. The van der Waals surface area contributed by atoms with Crippen molar-refractivity contribution in [3.8, 4) is 0 Å². The molecule has 0 saturated carbocycles. The third kappa shape index (κ3) is 4.13. The fraction of sp³-hybridized carbons (Fsp3) is 0.600. The number of pyridine rings is 1. The number of hydrogen-bond acceptors (Lipinski definition) is 1. The summed E-state index contributed by atoms with van der Waals surface area (Å²) in [5, 5.41) is 0. The van der Waals surface area contributed by atoms with Gasteiger partial charge in [-0.25, -0.2) is 4.57 Å². The highest BCUT2D eigenvalue weighted by Gasteiger charge is 2.15. The summed E-state index contributed by atoms with van der Waals surface area (Å²) in [5.41, 5.74) is 0. The van der Waals surface area contributed by atoms with Gasteiger partial charge in [0.15, 0.2) is 12.4 Å². The van der Waals surface area contributed by atoms with Crippen molar-refractivity contribution in [3.63, 3.8) is 0 Å². The van der Waals surface area contributed by atoms with Crippen molar-refractivity contribution >= 4 is 5.91 Å². The van der Waals surface area contributed by atoms with Crippen LogP contribution in [0.5, 0.6) is 0 Å². The van der Waals surface area contributed by atoms with Crippen LogP contribution in [0.4, 0.5) is 0 Å². The van der Waals surface area contributed by atoms with Crippen LogP contribution < -0.4 is 4.57 Å². The largest absolute Gasteiger partial charge is 0.343 e. The molecular formula is C15H23N2O+. The molecule has 18 heavy (non-hydrogen) atoms. The molecule has 0 aliphatic carbocycles. The van der Waals surface area contributed by atoms with Crippen LogP contribution in [0.2, 0.25) is 0 Å². The Morgan fingerprint density at radius 2 is 1.72 bits per heavy atom. The smallest absolute Gasteiger partial charge is 0.222 e. The summed E-state index contributed by atoms with van der Waals surface area (Å²) in [6.45, 7) is 2.96. The molecule has 2 heterocycles. The van der Waals surface area contributed by atoms with E-state index in [1.54, 1.807) is 0 Å². The van der Waals surface area contributed by atoms with Crippen LogP contribution in [-0.4, -0.2) is 23.9 Å². The summed E-state index contributed by atoms with van der Waals surface area (Å²) in [7, 11) is 0. The van der Waals surface area contributed by atoms with E-state index >= 15 is 0 Å². The molecule has 3 nitrogen and oxygen atoms in total. The zero-order chi connectivity index (χ0) is 12.6. The monoisotopic (exact) mass is 247 g/mol. The molecule has 1 aliphatic heterocycles. The Hall–Kier alpha value is -1.38. The first-order chi connectivity index (χ1) is 8.86. The van der Waals surface area contributed by atoms with Gasteiger partial charge < -0.3 is 4.90 Å². The van der Waals surface area contributed by atoms with Crippen LogP contribution in [0.25, 0.3) is 0 Å². The van der Waals surface area contributed by atoms with Crippen molar-refractivity contribution in [3.05, 3.63) is 30.6 Å². The summed E-state index contributed by atoms with van der Waals surface area (Å²) in [5.74, 6) is 0.354. The molecule has 1 fully saturated rings. The molecule has 2 rings (SSSR count). The second-order valence-corrected chi connectivity index (χ2v) is 5.01. The van der Waals surface area contributed by atoms with Gasteiger partial charge in [-0.15, -0.1) is 0 Å². The molecule has 1 aromatic rings. The molecule has 0 aromatic carbocycles. The Kier molecular flexibility index (Phi) is 5.18. The van der Waals surface area contributed by atoms with Crippen LogP contribution in [0.15, 0.2) is 30.6 Å². The fourth-order valence-electron chi connectivity index (χ4n) is 2.46. The number of carbonyl (C=O) groups is 1. The molecule has 1 aromatic heterocycles. The Morgan fingerprint density at radius 1 is 1.00 bits per heavy atom. The summed E-state index contributed by atoms with van der Waals surface area (Å²) in [4.78, 5) is 14.0. The van der Waals surface area contributed by atoms with Gasteiger partial charge in [-0.2, -0.15) is 0 Å². The third-order valence-electron chi connectivity index (χ3n) is 3.54. The van der Waals surface area contributed by atoms with E-state index < -0.39 is 0 Å². The lowest BCUT2D eigenvalue weighted by Gasteiger charge is -2.26. The zero-order valence-electron chi connectivity index (χ0n) is 11.1. The zero-order valence-corrected chi connectivity index (χ0v) is 11.1. The minimum atomic E-state index is 0.354. The number of aryl methyl sites for hydroxylation is 1. The second kappa shape index (κ2) is 7.14. The third-order valence-corrected chi connectivity index (χ3v) is 3.54. The van der Waals surface area contributed by atoms with Crippen LogP contribution in [0.1, 0.15) is 38.5 Å². The van der Waals surface area contributed by atoms with Crippen molar-refractivity contribution < 1.29 is 9.36 Å². The fourth-order valence-corrected chi connectivity index (χ4v) is 2.46. The standard InChI is InChI=1S/C15H23N2O/c18-15(17-13-6-2-7-14-17)9-3-8-12-16-10-4-1-5-11-16/h1,4-5,10-11H,2-3,6-9,12-14H2/q+1. The predicted octanol–water partition coefficient (Wildman–Crippen LogP) is 2.16. The molecule has 0 N–H and O–H groups in total. The lowest BCUT2D eigenvalue weighted by molar-refractivity contribution is -0.697. The number of nitrogens with zero attached hydrogens (tertiary/aromatic N) is 2. The number of carbonyl (C=O) groups excluding carboxylic acids is 1. The molecule has 98 valence electrons. The number of piperidine rings is 1. The number of amides is 1. The number of unbranched alkanes of at least 4 members (excludes halogenated alkanes) is 1. The first kappa shape index (κ1) is 13.1. The van der Waals surface area contributed by atoms with Gasteiger partial charge in [0, 0.05) is 38.1 Å². The van der Waals surface area contributed by atoms with Crippen molar-refractivity contribution in [1.82, 2.24) is 4.90 Å². The molecule has 3 heteroatoms. The minimum absolute atomic E-state index is 0.354. The predicted molar refractivity (Wildman–Crippen MR) is 70.9 cm³/mol. The van der Waals surface area contributed by atoms with Gasteiger partial charge >= 0.3 is 0 Å². The highest BCUT2D eigenvalue weighted by Crippen LogP contribution is 2.11. The number of likely N-dealkylation sites (tertiary alicyclic amines) is 1. The van der Waals surface area contributed by atoms with Gasteiger partial charge in [-0.1, -0.05) is 6.07 Å². The molecule has 0 bridgehead atoms. The molecule has 0 unspecified atom stereocenters. The average molecular weight is 247 g/mol. The summed E-state index contributed by atoms with van der Waals surface area (Å²) < 4.78 is 2.17. The second-order valence-electron chi connectivity index (χ2n) is 5.01. The van der Waals surface area contributed by atoms with Crippen molar-refractivity contribution in [2.75, 3.05) is 13.1 Å². The highest BCUT2D eigenvalue weighted by atomic mass is 16.2. The lowest BCUT2D eigenvalue weighted by Crippen LogP contribution is -2.36. The summed E-state index contributed by atoms with van der Waals surface area (Å²) in [6.07, 6.45) is 10.6. The molecule has 1 saturated heterocycles. The summed E-state index contributed by atoms with van der Waals surface area (Å²) in [6, 6.07) is 6.11. The van der Waals surface area contributed by atoms with Crippen molar-refractivity contribution in [1.29, 1.82) is 0 Å². The van der Waals surface area contributed by atoms with Gasteiger partial charge in [-0.3, -0.25) is 4.79 Å². The lowest BCUT2D eigenvalue weighted by atomic mass is 10.1. The Balaban J connectivity index is 1.61.